The third-order valence-corrected chi connectivity index (χ3v) is 4.65. The molecule has 2 N–H and O–H groups in total. The number of carbonyl (C=O) groups is 2. The average Bonchev–Trinajstić information content (AvgIpc) is 2.84. The van der Waals surface area contributed by atoms with Crippen LogP contribution in [-0.4, -0.2) is 54.9 Å². The van der Waals surface area contributed by atoms with Crippen LogP contribution in [0, 0.1) is 6.92 Å². The second-order valence-electron chi connectivity index (χ2n) is 7.20. The van der Waals surface area contributed by atoms with Gasteiger partial charge >= 0.3 is 5.97 Å². The SMILES string of the molecule is [2H]C([2H])([2H])N(c1nc(Cc2ccc(NC(=O)c3ccc(C)cc3)cc2)nc(N(C([2H])([2H])[2H])C([2H])([2H])[2H])c1CC(=O)O)C([2H])([2H])[2H]. The fourth-order valence-corrected chi connectivity index (χ4v) is 3.06. The number of aromatic nitrogens is 2. The second kappa shape index (κ2) is 10.1. The highest BCUT2D eigenvalue weighted by molar-refractivity contribution is 6.04. The van der Waals surface area contributed by atoms with Gasteiger partial charge in [-0.05, 0) is 36.8 Å². The van der Waals surface area contributed by atoms with Crippen LogP contribution in [0.2, 0.25) is 0 Å². The quantitative estimate of drug-likeness (QED) is 0.533. The van der Waals surface area contributed by atoms with E-state index in [2.05, 4.69) is 15.3 Å². The van der Waals surface area contributed by atoms with Crippen LogP contribution in [-0.2, 0) is 17.6 Å². The number of carbonyl (C=O) groups excluding carboxylic acids is 1. The van der Waals surface area contributed by atoms with E-state index in [1.54, 1.807) is 24.3 Å². The highest BCUT2D eigenvalue weighted by Gasteiger charge is 2.20. The van der Waals surface area contributed by atoms with E-state index >= 15 is 0 Å². The molecule has 0 saturated heterocycles. The molecule has 0 spiro atoms. The van der Waals surface area contributed by atoms with Crippen LogP contribution in [0.25, 0.3) is 0 Å². The first kappa shape index (κ1) is 12.3. The zero-order chi connectivity index (χ0) is 34.1. The molecule has 0 aliphatic heterocycles. The van der Waals surface area contributed by atoms with E-state index in [-0.39, 0.29) is 22.1 Å². The summed E-state index contributed by atoms with van der Waals surface area (Å²) in [6.45, 7) is -11.9. The molecule has 172 valence electrons. The monoisotopic (exact) mass is 459 g/mol. The minimum Gasteiger partial charge on any atom is -0.481 e. The topological polar surface area (TPSA) is 98.7 Å². The molecule has 8 heteroatoms. The summed E-state index contributed by atoms with van der Waals surface area (Å²) in [6, 6.07) is 13.0. The number of amides is 1. The van der Waals surface area contributed by atoms with E-state index in [0.29, 0.717) is 16.8 Å². The van der Waals surface area contributed by atoms with Crippen molar-refractivity contribution in [2.24, 2.45) is 0 Å². The van der Waals surface area contributed by atoms with Crippen LogP contribution in [0.1, 0.15) is 49.3 Å². The Kier molecular flexibility index (Phi) is 3.78. The molecule has 8 nitrogen and oxygen atoms in total. The molecule has 1 amide bonds. The maximum atomic E-state index is 12.6. The van der Waals surface area contributed by atoms with Crippen molar-refractivity contribution >= 4 is 29.2 Å². The van der Waals surface area contributed by atoms with Crippen molar-refractivity contribution in [3.05, 3.63) is 76.6 Å². The van der Waals surface area contributed by atoms with Gasteiger partial charge in [0.2, 0.25) is 0 Å². The highest BCUT2D eigenvalue weighted by Crippen LogP contribution is 2.27. The van der Waals surface area contributed by atoms with Crippen LogP contribution in [0.15, 0.2) is 48.5 Å². The minimum atomic E-state index is -3.45. The summed E-state index contributed by atoms with van der Waals surface area (Å²) < 4.78 is 94.2. The Hall–Kier alpha value is -3.94. The minimum absolute atomic E-state index is 0.145. The first-order valence-electron chi connectivity index (χ1n) is 15.7. The van der Waals surface area contributed by atoms with Gasteiger partial charge in [-0.3, -0.25) is 9.59 Å². The lowest BCUT2D eigenvalue weighted by atomic mass is 10.1. The number of aliphatic carboxylic acids is 1. The molecular formula is C25H29N5O3. The third-order valence-electron chi connectivity index (χ3n) is 4.65. The van der Waals surface area contributed by atoms with Gasteiger partial charge in [-0.2, -0.15) is 0 Å². The van der Waals surface area contributed by atoms with Gasteiger partial charge in [0.05, 0.1) is 6.42 Å². The molecule has 0 atom stereocenters. The van der Waals surface area contributed by atoms with Gasteiger partial charge in [0.25, 0.3) is 5.91 Å². The van der Waals surface area contributed by atoms with E-state index in [4.69, 9.17) is 16.4 Å². The molecule has 2 aromatic carbocycles. The number of nitrogens with zero attached hydrogens (tertiary/aromatic N) is 4. The number of hydrogen-bond acceptors (Lipinski definition) is 6. The highest BCUT2D eigenvalue weighted by atomic mass is 16.4. The number of anilines is 3. The number of nitrogens with one attached hydrogen (secondary N) is 1. The van der Waals surface area contributed by atoms with Gasteiger partial charge in [-0.1, -0.05) is 29.8 Å². The van der Waals surface area contributed by atoms with E-state index < -0.39 is 63.3 Å². The summed E-state index contributed by atoms with van der Waals surface area (Å²) in [4.78, 5) is 32.2. The number of rotatable bonds is 8. The Morgan fingerprint density at radius 1 is 0.939 bits per heavy atom. The van der Waals surface area contributed by atoms with Crippen LogP contribution in [0.4, 0.5) is 17.3 Å². The number of hydrogen-bond donors (Lipinski definition) is 2. The molecule has 0 radical (unpaired) electrons. The molecule has 1 aromatic heterocycles. The van der Waals surface area contributed by atoms with Gasteiger partial charge in [-0.25, -0.2) is 9.97 Å². The number of aryl methyl sites for hydroxylation is 1. The lowest BCUT2D eigenvalue weighted by Crippen LogP contribution is -2.22. The first-order valence-corrected chi connectivity index (χ1v) is 9.67. The molecule has 1 heterocycles. The molecule has 0 aliphatic rings. The summed E-state index contributed by atoms with van der Waals surface area (Å²) >= 11 is 0. The predicted molar refractivity (Wildman–Crippen MR) is 130 cm³/mol. The Morgan fingerprint density at radius 3 is 2.03 bits per heavy atom. The predicted octanol–water partition coefficient (Wildman–Crippen LogP) is 3.39. The molecule has 0 fully saturated rings. The van der Waals surface area contributed by atoms with Crippen LogP contribution >= 0.6 is 0 Å². The Balaban J connectivity index is 2.17. The summed E-state index contributed by atoms with van der Waals surface area (Å²) in [7, 11) is 0. The van der Waals surface area contributed by atoms with Crippen molar-refractivity contribution in [2.75, 3.05) is 43.0 Å². The van der Waals surface area contributed by atoms with Crippen molar-refractivity contribution in [3.63, 3.8) is 0 Å². The molecule has 0 bridgehead atoms. The van der Waals surface area contributed by atoms with Crippen LogP contribution in [0.3, 0.4) is 0 Å². The van der Waals surface area contributed by atoms with Crippen molar-refractivity contribution in [2.45, 2.75) is 19.8 Å². The summed E-state index contributed by atoms with van der Waals surface area (Å²) in [6.07, 6.45) is -1.50. The molecular weight excluding hydrogens is 418 g/mol. The van der Waals surface area contributed by atoms with Gasteiger partial charge in [0.15, 0.2) is 0 Å². The van der Waals surface area contributed by atoms with Gasteiger partial charge in [0.1, 0.15) is 17.5 Å². The van der Waals surface area contributed by atoms with Crippen LogP contribution < -0.4 is 15.1 Å². The first-order chi connectivity index (χ1) is 20.5. The molecule has 3 aromatic rings. The maximum Gasteiger partial charge on any atom is 0.308 e. The number of benzene rings is 2. The number of carboxylic acid groups (broad SMARTS) is 1. The summed E-state index contributed by atoms with van der Waals surface area (Å²) in [5.74, 6) is -4.42. The van der Waals surface area contributed by atoms with Crippen molar-refractivity contribution in [1.82, 2.24) is 9.97 Å². The van der Waals surface area contributed by atoms with E-state index in [0.717, 1.165) is 5.56 Å². The van der Waals surface area contributed by atoms with Crippen LogP contribution in [0.5, 0.6) is 0 Å². The van der Waals surface area contributed by atoms with Crippen molar-refractivity contribution < 1.29 is 31.1 Å². The normalized spacial score (nSPS) is 17.5. The summed E-state index contributed by atoms with van der Waals surface area (Å²) in [5.41, 5.74) is 1.37. The van der Waals surface area contributed by atoms with E-state index in [1.807, 2.05) is 6.92 Å². The van der Waals surface area contributed by atoms with Gasteiger partial charge in [-0.15, -0.1) is 0 Å². The fraction of sp³-hybridized carbons (Fsp3) is 0.280. The average molecular weight is 460 g/mol. The largest absolute Gasteiger partial charge is 0.481 e. The zero-order valence-corrected chi connectivity index (χ0v) is 17.6. The zero-order valence-electron chi connectivity index (χ0n) is 29.6. The number of carboxylic acids is 1. The smallest absolute Gasteiger partial charge is 0.308 e. The third kappa shape index (κ3) is 6.06. The van der Waals surface area contributed by atoms with Crippen molar-refractivity contribution in [1.29, 1.82) is 0 Å². The van der Waals surface area contributed by atoms with E-state index in [9.17, 15) is 14.7 Å². The summed E-state index contributed by atoms with van der Waals surface area (Å²) in [5, 5.41) is 12.3. The molecule has 0 aliphatic carbocycles. The Labute approximate surface area is 210 Å². The Morgan fingerprint density at radius 2 is 1.52 bits per heavy atom. The maximum absolute atomic E-state index is 12.6. The van der Waals surface area contributed by atoms with Crippen molar-refractivity contribution in [3.8, 4) is 0 Å². The van der Waals surface area contributed by atoms with E-state index in [1.165, 1.54) is 24.3 Å². The lowest BCUT2D eigenvalue weighted by molar-refractivity contribution is -0.136. The molecule has 0 unspecified atom stereocenters. The molecule has 33 heavy (non-hydrogen) atoms. The fourth-order valence-electron chi connectivity index (χ4n) is 3.06. The molecule has 3 rings (SSSR count). The Bertz CT molecular complexity index is 1450. The van der Waals surface area contributed by atoms with Gasteiger partial charge < -0.3 is 20.2 Å². The molecule has 0 saturated carbocycles. The second-order valence-corrected chi connectivity index (χ2v) is 7.20. The van der Waals surface area contributed by atoms with Gasteiger partial charge in [0, 0.05) is 67.6 Å². The standard InChI is InChI=1S/C25H29N5O3/c1-16-6-10-18(11-7-16)25(33)26-19-12-8-17(9-13-19)14-21-27-23(29(2)3)20(15-22(31)32)24(28-21)30(4)5/h6-13H,14-15H2,1-5H3,(H,26,33)(H,31,32)/i2D3,3D3,4D3,5D3. The lowest BCUT2D eigenvalue weighted by Gasteiger charge is -2.22.